The highest BCUT2D eigenvalue weighted by molar-refractivity contribution is 6.03. The van der Waals surface area contributed by atoms with E-state index in [0.29, 0.717) is 24.5 Å². The Bertz CT molecular complexity index is 700. The van der Waals surface area contributed by atoms with Gasteiger partial charge in [-0.3, -0.25) is 5.73 Å². The number of aliphatic imine (C=N–C) groups is 1. The number of amidine groups is 1. The molecule has 1 aliphatic heterocycles. The van der Waals surface area contributed by atoms with Crippen molar-refractivity contribution in [3.05, 3.63) is 59.5 Å². The zero-order valence-corrected chi connectivity index (χ0v) is 11.4. The molecular weight excluding hydrogens is 269 g/mol. The van der Waals surface area contributed by atoms with Crippen LogP contribution in [0, 0.1) is 5.82 Å². The molecule has 3 rings (SSSR count). The summed E-state index contributed by atoms with van der Waals surface area (Å²) in [6.45, 7) is 0. The highest BCUT2D eigenvalue weighted by atomic mass is 19.1. The molecule has 1 aromatic carbocycles. The minimum absolute atomic E-state index is 0.259. The molecule has 108 valence electrons. The standard InChI is InChI=1S/C15H16FN5/c16-11-4-1-3-10(9-11)6-7-15(18)20-13(17)12-5-2-8-19-14(12)21-15/h1-5,8-9H,6-7,18H2,(H2,17,20)(H,19,21). The van der Waals surface area contributed by atoms with E-state index in [1.807, 2.05) is 12.1 Å². The minimum Gasteiger partial charge on any atom is -0.383 e. The van der Waals surface area contributed by atoms with Gasteiger partial charge in [-0.05, 0) is 36.2 Å². The van der Waals surface area contributed by atoms with Crippen LogP contribution in [0.3, 0.4) is 0 Å². The molecule has 1 atom stereocenters. The lowest BCUT2D eigenvalue weighted by molar-refractivity contribution is 0.463. The van der Waals surface area contributed by atoms with E-state index in [4.69, 9.17) is 11.5 Å². The molecule has 1 unspecified atom stereocenters. The number of anilines is 1. The molecule has 0 fully saturated rings. The summed E-state index contributed by atoms with van der Waals surface area (Å²) in [6.07, 6.45) is 2.73. The predicted octanol–water partition coefficient (Wildman–Crippen LogP) is 1.60. The molecule has 0 bridgehead atoms. The van der Waals surface area contributed by atoms with Crippen LogP contribution in [0.25, 0.3) is 0 Å². The molecule has 0 aliphatic carbocycles. The van der Waals surface area contributed by atoms with Crippen molar-refractivity contribution in [1.29, 1.82) is 0 Å². The molecule has 21 heavy (non-hydrogen) atoms. The number of halogens is 1. The van der Waals surface area contributed by atoms with E-state index in [9.17, 15) is 4.39 Å². The van der Waals surface area contributed by atoms with E-state index in [2.05, 4.69) is 15.3 Å². The second-order valence-electron chi connectivity index (χ2n) is 5.08. The van der Waals surface area contributed by atoms with Gasteiger partial charge in [-0.15, -0.1) is 0 Å². The number of nitrogens with one attached hydrogen (secondary N) is 1. The van der Waals surface area contributed by atoms with Gasteiger partial charge in [0.2, 0.25) is 0 Å². The lowest BCUT2D eigenvalue weighted by Crippen LogP contribution is -2.50. The Balaban J connectivity index is 1.79. The molecule has 5 nitrogen and oxygen atoms in total. The van der Waals surface area contributed by atoms with Gasteiger partial charge in [0.15, 0.2) is 5.79 Å². The summed E-state index contributed by atoms with van der Waals surface area (Å²) in [7, 11) is 0. The average molecular weight is 285 g/mol. The molecular formula is C15H16FN5. The third kappa shape index (κ3) is 2.85. The Kier molecular flexibility index (Phi) is 3.31. The fraction of sp³-hybridized carbons (Fsp3) is 0.200. The van der Waals surface area contributed by atoms with Crippen LogP contribution in [0.2, 0.25) is 0 Å². The summed E-state index contributed by atoms with van der Waals surface area (Å²) in [6, 6.07) is 10.1. The maximum absolute atomic E-state index is 13.2. The number of fused-ring (bicyclic) bond motifs is 1. The average Bonchev–Trinajstić information content (AvgIpc) is 2.45. The minimum atomic E-state index is -1.03. The molecule has 6 heteroatoms. The van der Waals surface area contributed by atoms with Crippen molar-refractivity contribution in [3.63, 3.8) is 0 Å². The molecule has 0 radical (unpaired) electrons. The summed E-state index contributed by atoms with van der Waals surface area (Å²) in [5.74, 6) is -0.312. The van der Waals surface area contributed by atoms with Crippen molar-refractivity contribution in [3.8, 4) is 0 Å². The number of hydrogen-bond donors (Lipinski definition) is 3. The van der Waals surface area contributed by atoms with Crippen molar-refractivity contribution < 1.29 is 4.39 Å². The second kappa shape index (κ2) is 5.14. The summed E-state index contributed by atoms with van der Waals surface area (Å²) in [5.41, 5.74) is 13.8. The van der Waals surface area contributed by atoms with Crippen LogP contribution in [-0.4, -0.2) is 16.6 Å². The largest absolute Gasteiger partial charge is 0.383 e. The van der Waals surface area contributed by atoms with E-state index in [1.54, 1.807) is 18.3 Å². The Hall–Kier alpha value is -2.47. The molecule has 0 saturated heterocycles. The number of benzene rings is 1. The molecule has 2 aromatic rings. The van der Waals surface area contributed by atoms with Gasteiger partial charge in [0, 0.05) is 12.6 Å². The highest BCUT2D eigenvalue weighted by Crippen LogP contribution is 2.24. The number of aryl methyl sites for hydroxylation is 1. The summed E-state index contributed by atoms with van der Waals surface area (Å²) >= 11 is 0. The Morgan fingerprint density at radius 3 is 2.90 bits per heavy atom. The number of pyridine rings is 1. The first kappa shape index (κ1) is 13.5. The molecule has 2 heterocycles. The van der Waals surface area contributed by atoms with Crippen LogP contribution in [-0.2, 0) is 6.42 Å². The fourth-order valence-corrected chi connectivity index (χ4v) is 2.37. The number of rotatable bonds is 3. The number of nitrogens with two attached hydrogens (primary N) is 2. The number of hydrogen-bond acceptors (Lipinski definition) is 5. The van der Waals surface area contributed by atoms with Crippen molar-refractivity contribution in [2.24, 2.45) is 16.5 Å². The van der Waals surface area contributed by atoms with Crippen molar-refractivity contribution in [1.82, 2.24) is 4.98 Å². The van der Waals surface area contributed by atoms with Gasteiger partial charge in [0.05, 0.1) is 5.56 Å². The zero-order chi connectivity index (χ0) is 14.9. The van der Waals surface area contributed by atoms with E-state index in [-0.39, 0.29) is 5.82 Å². The molecule has 5 N–H and O–H groups in total. The van der Waals surface area contributed by atoms with Gasteiger partial charge in [0.1, 0.15) is 17.5 Å². The zero-order valence-electron chi connectivity index (χ0n) is 11.4. The van der Waals surface area contributed by atoms with Crippen LogP contribution >= 0.6 is 0 Å². The molecule has 1 aliphatic rings. The third-order valence-corrected chi connectivity index (χ3v) is 3.42. The quantitative estimate of drug-likeness (QED) is 0.799. The van der Waals surface area contributed by atoms with Gasteiger partial charge in [-0.2, -0.15) is 0 Å². The van der Waals surface area contributed by atoms with Crippen molar-refractivity contribution in [2.45, 2.75) is 18.6 Å². The highest BCUT2D eigenvalue weighted by Gasteiger charge is 2.30. The van der Waals surface area contributed by atoms with Crippen LogP contribution in [0.15, 0.2) is 47.6 Å². The monoisotopic (exact) mass is 285 g/mol. The fourth-order valence-electron chi connectivity index (χ4n) is 2.37. The van der Waals surface area contributed by atoms with E-state index < -0.39 is 5.79 Å². The van der Waals surface area contributed by atoms with Gasteiger partial charge < -0.3 is 11.1 Å². The number of nitrogens with zero attached hydrogens (tertiary/aromatic N) is 2. The van der Waals surface area contributed by atoms with Crippen LogP contribution < -0.4 is 16.8 Å². The first-order valence-corrected chi connectivity index (χ1v) is 6.68. The van der Waals surface area contributed by atoms with Gasteiger partial charge in [-0.25, -0.2) is 14.4 Å². The molecule has 0 saturated carbocycles. The predicted molar refractivity (Wildman–Crippen MR) is 80.2 cm³/mol. The first-order chi connectivity index (χ1) is 10.1. The Morgan fingerprint density at radius 2 is 2.10 bits per heavy atom. The SMILES string of the molecule is NC1=NC(N)(CCc2cccc(F)c2)Nc2ncccc21. The third-order valence-electron chi connectivity index (χ3n) is 3.42. The lowest BCUT2D eigenvalue weighted by Gasteiger charge is -2.32. The summed E-state index contributed by atoms with van der Waals surface area (Å²) in [4.78, 5) is 8.54. The van der Waals surface area contributed by atoms with Gasteiger partial charge in [0.25, 0.3) is 0 Å². The van der Waals surface area contributed by atoms with Gasteiger partial charge >= 0.3 is 0 Å². The van der Waals surface area contributed by atoms with Crippen LogP contribution in [0.4, 0.5) is 10.2 Å². The summed E-state index contributed by atoms with van der Waals surface area (Å²) < 4.78 is 13.2. The van der Waals surface area contributed by atoms with Crippen molar-refractivity contribution >= 4 is 11.7 Å². The van der Waals surface area contributed by atoms with Crippen LogP contribution in [0.5, 0.6) is 0 Å². The molecule has 0 spiro atoms. The Morgan fingerprint density at radius 1 is 1.24 bits per heavy atom. The maximum Gasteiger partial charge on any atom is 0.186 e. The second-order valence-corrected chi connectivity index (χ2v) is 5.08. The molecule has 0 amide bonds. The lowest BCUT2D eigenvalue weighted by atomic mass is 10.0. The smallest absolute Gasteiger partial charge is 0.186 e. The molecule has 1 aromatic heterocycles. The van der Waals surface area contributed by atoms with E-state index >= 15 is 0 Å². The normalized spacial score (nSPS) is 20.4. The summed E-state index contributed by atoms with van der Waals surface area (Å²) in [5, 5.41) is 3.09. The number of aromatic nitrogens is 1. The van der Waals surface area contributed by atoms with Gasteiger partial charge in [-0.1, -0.05) is 12.1 Å². The van der Waals surface area contributed by atoms with Crippen LogP contribution in [0.1, 0.15) is 17.5 Å². The Labute approximate surface area is 121 Å². The first-order valence-electron chi connectivity index (χ1n) is 6.68. The van der Waals surface area contributed by atoms with E-state index in [0.717, 1.165) is 11.1 Å². The topological polar surface area (TPSA) is 89.3 Å². The van der Waals surface area contributed by atoms with Crippen molar-refractivity contribution in [2.75, 3.05) is 5.32 Å². The van der Waals surface area contributed by atoms with E-state index in [1.165, 1.54) is 12.1 Å². The maximum atomic E-state index is 13.2.